The molecule has 2 rings (SSSR count). The number of aldehydes is 1. The summed E-state index contributed by atoms with van der Waals surface area (Å²) in [5.41, 5.74) is -0.195. The first-order chi connectivity index (χ1) is 8.58. The van der Waals surface area contributed by atoms with Gasteiger partial charge in [-0.25, -0.2) is 9.79 Å². The SMILES string of the molecule is C[C@H](CC=O)[C@]1(C)N=C(c2ccccc2)OC1=O. The molecule has 0 aliphatic carbocycles. The van der Waals surface area contributed by atoms with Crippen LogP contribution < -0.4 is 0 Å². The van der Waals surface area contributed by atoms with Crippen molar-refractivity contribution in [3.8, 4) is 0 Å². The highest BCUT2D eigenvalue weighted by molar-refractivity contribution is 6.07. The highest BCUT2D eigenvalue weighted by Gasteiger charge is 2.46. The number of carbonyl (C=O) groups is 2. The predicted molar refractivity (Wildman–Crippen MR) is 67.3 cm³/mol. The number of hydrogen-bond acceptors (Lipinski definition) is 4. The zero-order valence-electron chi connectivity index (χ0n) is 10.4. The molecular weight excluding hydrogens is 230 g/mol. The Bertz CT molecular complexity index is 495. The molecule has 0 bridgehead atoms. The van der Waals surface area contributed by atoms with E-state index in [9.17, 15) is 9.59 Å². The third-order valence-corrected chi connectivity index (χ3v) is 3.37. The molecule has 2 atom stereocenters. The molecule has 1 aromatic rings. The molecule has 18 heavy (non-hydrogen) atoms. The van der Waals surface area contributed by atoms with E-state index in [4.69, 9.17) is 4.74 Å². The molecule has 1 aliphatic heterocycles. The third kappa shape index (κ3) is 2.06. The van der Waals surface area contributed by atoms with Crippen molar-refractivity contribution in [2.75, 3.05) is 0 Å². The molecular formula is C14H15NO3. The van der Waals surface area contributed by atoms with Gasteiger partial charge in [0.2, 0.25) is 5.90 Å². The van der Waals surface area contributed by atoms with E-state index in [2.05, 4.69) is 4.99 Å². The van der Waals surface area contributed by atoms with Gasteiger partial charge in [0.1, 0.15) is 6.29 Å². The van der Waals surface area contributed by atoms with Gasteiger partial charge in [-0.15, -0.1) is 0 Å². The molecule has 0 saturated heterocycles. The van der Waals surface area contributed by atoms with Crippen molar-refractivity contribution < 1.29 is 14.3 Å². The van der Waals surface area contributed by atoms with Gasteiger partial charge in [-0.05, 0) is 25.0 Å². The lowest BCUT2D eigenvalue weighted by Crippen LogP contribution is -2.37. The van der Waals surface area contributed by atoms with Gasteiger partial charge >= 0.3 is 5.97 Å². The predicted octanol–water partition coefficient (Wildman–Crippen LogP) is 1.97. The fourth-order valence-electron chi connectivity index (χ4n) is 1.86. The fraction of sp³-hybridized carbons (Fsp3) is 0.357. The lowest BCUT2D eigenvalue weighted by molar-refractivity contribution is -0.140. The van der Waals surface area contributed by atoms with Crippen molar-refractivity contribution in [2.45, 2.75) is 25.8 Å². The lowest BCUT2D eigenvalue weighted by atomic mass is 9.86. The average Bonchev–Trinajstić information content (AvgIpc) is 2.69. The second kappa shape index (κ2) is 4.72. The number of benzene rings is 1. The number of hydrogen-bond donors (Lipinski definition) is 0. The van der Waals surface area contributed by atoms with Crippen molar-refractivity contribution >= 4 is 18.2 Å². The van der Waals surface area contributed by atoms with Crippen LogP contribution in [-0.2, 0) is 14.3 Å². The zero-order chi connectivity index (χ0) is 13.2. The summed E-state index contributed by atoms with van der Waals surface area (Å²) in [6.07, 6.45) is 1.09. The van der Waals surface area contributed by atoms with E-state index in [0.29, 0.717) is 5.90 Å². The number of ether oxygens (including phenoxy) is 1. The first-order valence-corrected chi connectivity index (χ1v) is 5.89. The molecule has 0 spiro atoms. The van der Waals surface area contributed by atoms with Gasteiger partial charge in [-0.1, -0.05) is 25.1 Å². The normalized spacial score (nSPS) is 24.3. The van der Waals surface area contributed by atoms with Gasteiger partial charge in [0.05, 0.1) is 0 Å². The number of carbonyl (C=O) groups excluding carboxylic acids is 2. The van der Waals surface area contributed by atoms with Crippen LogP contribution in [0.2, 0.25) is 0 Å². The molecule has 0 radical (unpaired) electrons. The smallest absolute Gasteiger partial charge is 0.340 e. The number of rotatable bonds is 4. The minimum atomic E-state index is -0.966. The lowest BCUT2D eigenvalue weighted by Gasteiger charge is -2.22. The minimum absolute atomic E-state index is 0.177. The monoisotopic (exact) mass is 245 g/mol. The third-order valence-electron chi connectivity index (χ3n) is 3.37. The number of aliphatic imine (C=N–C) groups is 1. The van der Waals surface area contributed by atoms with Gasteiger partial charge in [-0.2, -0.15) is 0 Å². The summed E-state index contributed by atoms with van der Waals surface area (Å²) in [7, 11) is 0. The Balaban J connectivity index is 2.32. The molecule has 94 valence electrons. The molecule has 0 N–H and O–H groups in total. The molecule has 1 aliphatic rings. The average molecular weight is 245 g/mol. The maximum Gasteiger partial charge on any atom is 0.340 e. The Morgan fingerprint density at radius 3 is 2.67 bits per heavy atom. The molecule has 0 amide bonds. The second-order valence-electron chi connectivity index (χ2n) is 4.62. The van der Waals surface area contributed by atoms with Gasteiger partial charge < -0.3 is 9.53 Å². The van der Waals surface area contributed by atoms with E-state index < -0.39 is 11.5 Å². The molecule has 0 fully saturated rings. The van der Waals surface area contributed by atoms with Gasteiger partial charge in [0.15, 0.2) is 5.54 Å². The van der Waals surface area contributed by atoms with Crippen LogP contribution in [0, 0.1) is 5.92 Å². The first kappa shape index (κ1) is 12.5. The second-order valence-corrected chi connectivity index (χ2v) is 4.62. The van der Waals surface area contributed by atoms with Crippen molar-refractivity contribution in [2.24, 2.45) is 10.9 Å². The van der Waals surface area contributed by atoms with Crippen LogP contribution in [-0.4, -0.2) is 23.7 Å². The van der Waals surface area contributed by atoms with Crippen LogP contribution in [0.25, 0.3) is 0 Å². The van der Waals surface area contributed by atoms with E-state index in [1.54, 1.807) is 6.92 Å². The van der Waals surface area contributed by atoms with Crippen LogP contribution in [0.15, 0.2) is 35.3 Å². The van der Waals surface area contributed by atoms with Gasteiger partial charge in [-0.3, -0.25) is 0 Å². The van der Waals surface area contributed by atoms with E-state index in [-0.39, 0.29) is 12.3 Å². The molecule has 0 saturated carbocycles. The largest absolute Gasteiger partial charge is 0.405 e. The van der Waals surface area contributed by atoms with Crippen LogP contribution in [0.4, 0.5) is 0 Å². The topological polar surface area (TPSA) is 55.7 Å². The molecule has 1 aromatic carbocycles. The van der Waals surface area contributed by atoms with E-state index in [1.807, 2.05) is 37.3 Å². The van der Waals surface area contributed by atoms with Crippen molar-refractivity contribution in [1.82, 2.24) is 0 Å². The summed E-state index contributed by atoms with van der Waals surface area (Å²) in [5.74, 6) is -0.236. The van der Waals surface area contributed by atoms with E-state index in [0.717, 1.165) is 11.8 Å². The highest BCUT2D eigenvalue weighted by atomic mass is 16.6. The van der Waals surface area contributed by atoms with Gasteiger partial charge in [0, 0.05) is 12.0 Å². The Hall–Kier alpha value is -1.97. The van der Waals surface area contributed by atoms with Crippen LogP contribution in [0.1, 0.15) is 25.8 Å². The number of esters is 1. The maximum atomic E-state index is 11.9. The Morgan fingerprint density at radius 1 is 1.39 bits per heavy atom. The summed E-state index contributed by atoms with van der Waals surface area (Å²) < 4.78 is 5.23. The molecule has 1 heterocycles. The van der Waals surface area contributed by atoms with Crippen molar-refractivity contribution in [1.29, 1.82) is 0 Å². The van der Waals surface area contributed by atoms with E-state index >= 15 is 0 Å². The molecule has 0 unspecified atom stereocenters. The zero-order valence-corrected chi connectivity index (χ0v) is 10.4. The van der Waals surface area contributed by atoms with Crippen LogP contribution in [0.3, 0.4) is 0 Å². The summed E-state index contributed by atoms with van der Waals surface area (Å²) in [6.45, 7) is 3.53. The summed E-state index contributed by atoms with van der Waals surface area (Å²) in [4.78, 5) is 26.9. The van der Waals surface area contributed by atoms with E-state index in [1.165, 1.54) is 0 Å². The summed E-state index contributed by atoms with van der Waals surface area (Å²) in [5, 5.41) is 0. The quantitative estimate of drug-likeness (QED) is 0.602. The first-order valence-electron chi connectivity index (χ1n) is 5.89. The number of nitrogens with zero attached hydrogens (tertiary/aromatic N) is 1. The van der Waals surface area contributed by atoms with Gasteiger partial charge in [0.25, 0.3) is 0 Å². The summed E-state index contributed by atoms with van der Waals surface area (Å²) in [6, 6.07) is 9.27. The Kier molecular flexibility index (Phi) is 3.28. The Labute approximate surface area is 106 Å². The van der Waals surface area contributed by atoms with Crippen LogP contribution >= 0.6 is 0 Å². The van der Waals surface area contributed by atoms with Crippen molar-refractivity contribution in [3.63, 3.8) is 0 Å². The molecule has 0 aromatic heterocycles. The fourth-order valence-corrected chi connectivity index (χ4v) is 1.86. The Morgan fingerprint density at radius 2 is 2.06 bits per heavy atom. The minimum Gasteiger partial charge on any atom is -0.405 e. The maximum absolute atomic E-state index is 11.9. The number of cyclic esters (lactones) is 1. The van der Waals surface area contributed by atoms with Crippen molar-refractivity contribution in [3.05, 3.63) is 35.9 Å². The van der Waals surface area contributed by atoms with Crippen LogP contribution in [0.5, 0.6) is 0 Å². The standard InChI is InChI=1S/C14H15NO3/c1-10(8-9-16)14(2)13(17)18-12(15-14)11-6-4-3-5-7-11/h3-7,9-10H,8H2,1-2H3/t10-,14+/m1/s1. The highest BCUT2D eigenvalue weighted by Crippen LogP contribution is 2.31. The molecule has 4 nitrogen and oxygen atoms in total. The summed E-state index contributed by atoms with van der Waals surface area (Å²) >= 11 is 0. The molecule has 4 heteroatoms.